The summed E-state index contributed by atoms with van der Waals surface area (Å²) in [5.41, 5.74) is -0.101. The third-order valence-corrected chi connectivity index (χ3v) is 1.34. The van der Waals surface area contributed by atoms with Crippen molar-refractivity contribution in [3.05, 3.63) is 0 Å². The lowest BCUT2D eigenvalue weighted by atomic mass is 10.1. The molecule has 0 bridgehead atoms. The fraction of sp³-hybridized carbons (Fsp3) is 0.875. The molecule has 0 aliphatic carbocycles. The molecule has 0 aromatic heterocycles. The predicted molar refractivity (Wildman–Crippen MR) is 42.4 cm³/mol. The Bertz CT molecular complexity index is 113. The summed E-state index contributed by atoms with van der Waals surface area (Å²) < 4.78 is 0. The third kappa shape index (κ3) is 2.38. The van der Waals surface area contributed by atoms with Crippen LogP contribution in [0.1, 0.15) is 34.6 Å². The van der Waals surface area contributed by atoms with Crippen LogP contribution in [0.5, 0.6) is 0 Å². The molecule has 0 rings (SSSR count). The minimum atomic E-state index is -0.101. The molecule has 10 heavy (non-hydrogen) atoms. The fourth-order valence-electron chi connectivity index (χ4n) is 1.02. The summed E-state index contributed by atoms with van der Waals surface area (Å²) in [6, 6.07) is 0.234. The van der Waals surface area contributed by atoms with Crippen molar-refractivity contribution in [1.29, 1.82) is 0 Å². The Hall–Kier alpha value is -0.530. The molecule has 0 aliphatic rings. The maximum Gasteiger partial charge on any atom is 0.312 e. The molecule has 0 heterocycles. The monoisotopic (exact) mass is 142 g/mol. The molecule has 1 amide bonds. The quantitative estimate of drug-likeness (QED) is 0.536. The van der Waals surface area contributed by atoms with Gasteiger partial charge in [-0.3, -0.25) is 4.79 Å². The fourth-order valence-corrected chi connectivity index (χ4v) is 1.02. The minimum Gasteiger partial charge on any atom is -0.327 e. The van der Waals surface area contributed by atoms with Crippen molar-refractivity contribution >= 4 is 6.41 Å². The first-order chi connectivity index (χ1) is 4.39. The molecule has 0 saturated heterocycles. The molecule has 0 spiro atoms. The molecule has 0 unspecified atom stereocenters. The number of amides is 1. The predicted octanol–water partition coefficient (Wildman–Crippen LogP) is 1.56. The molecular weight excluding hydrogens is 126 g/mol. The van der Waals surface area contributed by atoms with E-state index in [2.05, 4.69) is 0 Å². The van der Waals surface area contributed by atoms with Gasteiger partial charge in [-0.25, -0.2) is 0 Å². The van der Waals surface area contributed by atoms with Gasteiger partial charge in [0.1, 0.15) is 0 Å². The molecule has 0 aromatic rings. The highest BCUT2D eigenvalue weighted by molar-refractivity contribution is 5.50. The van der Waals surface area contributed by atoms with Crippen LogP contribution in [0, 0.1) is 0 Å². The first-order valence-corrected chi connectivity index (χ1v) is 3.56. The molecule has 2 heteroatoms. The Labute approximate surface area is 63.2 Å². The first kappa shape index (κ1) is 9.47. The van der Waals surface area contributed by atoms with E-state index in [1.54, 1.807) is 4.90 Å². The second-order valence-corrected chi connectivity index (χ2v) is 3.73. The lowest BCUT2D eigenvalue weighted by Crippen LogP contribution is -2.44. The van der Waals surface area contributed by atoms with E-state index in [1.807, 2.05) is 41.0 Å². The van der Waals surface area contributed by atoms with Gasteiger partial charge in [-0.2, -0.15) is 0 Å². The molecule has 1 radical (unpaired) electrons. The van der Waals surface area contributed by atoms with Gasteiger partial charge in [0.15, 0.2) is 0 Å². The highest BCUT2D eigenvalue weighted by Crippen LogP contribution is 2.13. The van der Waals surface area contributed by atoms with E-state index in [9.17, 15) is 4.79 Å². The van der Waals surface area contributed by atoms with Gasteiger partial charge in [0.05, 0.1) is 0 Å². The van der Waals surface area contributed by atoms with Crippen molar-refractivity contribution in [2.75, 3.05) is 0 Å². The van der Waals surface area contributed by atoms with E-state index in [0.717, 1.165) is 0 Å². The van der Waals surface area contributed by atoms with Crippen LogP contribution in [-0.4, -0.2) is 22.9 Å². The topological polar surface area (TPSA) is 20.3 Å². The highest BCUT2D eigenvalue weighted by Gasteiger charge is 2.22. The second kappa shape index (κ2) is 3.04. The Balaban J connectivity index is 4.21. The van der Waals surface area contributed by atoms with Crippen molar-refractivity contribution in [2.24, 2.45) is 0 Å². The van der Waals surface area contributed by atoms with Gasteiger partial charge >= 0.3 is 6.41 Å². The van der Waals surface area contributed by atoms with E-state index in [0.29, 0.717) is 0 Å². The minimum absolute atomic E-state index is 0.101. The molecule has 0 atom stereocenters. The molecule has 0 fully saturated rings. The molecule has 0 aromatic carbocycles. The molecule has 2 nitrogen and oxygen atoms in total. The highest BCUT2D eigenvalue weighted by atomic mass is 16.1. The Morgan fingerprint density at radius 3 is 1.70 bits per heavy atom. The lowest BCUT2D eigenvalue weighted by molar-refractivity contribution is 0.187. The summed E-state index contributed by atoms with van der Waals surface area (Å²) in [7, 11) is 0. The van der Waals surface area contributed by atoms with Crippen LogP contribution in [0.15, 0.2) is 0 Å². The van der Waals surface area contributed by atoms with Crippen LogP contribution in [0.3, 0.4) is 0 Å². The van der Waals surface area contributed by atoms with E-state index in [-0.39, 0.29) is 11.6 Å². The Morgan fingerprint density at radius 1 is 1.30 bits per heavy atom. The average molecular weight is 142 g/mol. The maximum absolute atomic E-state index is 10.4. The molecule has 0 aliphatic heterocycles. The van der Waals surface area contributed by atoms with Crippen molar-refractivity contribution in [3.63, 3.8) is 0 Å². The van der Waals surface area contributed by atoms with Gasteiger partial charge in [0.2, 0.25) is 0 Å². The standard InChI is InChI=1S/C8H16NO/c1-7(2)9(6-10)8(3,4)5/h7H,1-5H3. The summed E-state index contributed by atoms with van der Waals surface area (Å²) in [6.07, 6.45) is 1.92. The van der Waals surface area contributed by atoms with Crippen LogP contribution < -0.4 is 0 Å². The van der Waals surface area contributed by atoms with Gasteiger partial charge in [-0.05, 0) is 34.6 Å². The zero-order valence-electron chi connectivity index (χ0n) is 7.43. The van der Waals surface area contributed by atoms with Gasteiger partial charge in [0.25, 0.3) is 0 Å². The van der Waals surface area contributed by atoms with Crippen LogP contribution in [-0.2, 0) is 4.79 Å². The molecule has 0 saturated carbocycles. The number of hydrogen-bond donors (Lipinski definition) is 0. The summed E-state index contributed by atoms with van der Waals surface area (Å²) >= 11 is 0. The van der Waals surface area contributed by atoms with Crippen LogP contribution in [0.4, 0.5) is 0 Å². The largest absolute Gasteiger partial charge is 0.327 e. The van der Waals surface area contributed by atoms with Gasteiger partial charge in [0, 0.05) is 11.6 Å². The normalized spacial score (nSPS) is 11.8. The van der Waals surface area contributed by atoms with Crippen molar-refractivity contribution in [1.82, 2.24) is 4.90 Å². The Kier molecular flexibility index (Phi) is 2.88. The number of hydrogen-bond acceptors (Lipinski definition) is 1. The molecular formula is C8H16NO. The lowest BCUT2D eigenvalue weighted by Gasteiger charge is -2.34. The van der Waals surface area contributed by atoms with Gasteiger partial charge < -0.3 is 4.90 Å². The summed E-state index contributed by atoms with van der Waals surface area (Å²) in [6.45, 7) is 9.96. The van der Waals surface area contributed by atoms with E-state index in [1.165, 1.54) is 0 Å². The third-order valence-electron chi connectivity index (χ3n) is 1.34. The van der Waals surface area contributed by atoms with Crippen molar-refractivity contribution in [2.45, 2.75) is 46.2 Å². The summed E-state index contributed by atoms with van der Waals surface area (Å²) in [5.74, 6) is 0. The van der Waals surface area contributed by atoms with Crippen LogP contribution in [0.25, 0.3) is 0 Å². The Morgan fingerprint density at radius 2 is 1.70 bits per heavy atom. The second-order valence-electron chi connectivity index (χ2n) is 3.73. The zero-order valence-corrected chi connectivity index (χ0v) is 7.43. The van der Waals surface area contributed by atoms with E-state index < -0.39 is 0 Å². The average Bonchev–Trinajstić information content (AvgIpc) is 1.60. The van der Waals surface area contributed by atoms with Crippen molar-refractivity contribution in [3.8, 4) is 0 Å². The van der Waals surface area contributed by atoms with Gasteiger partial charge in [-0.1, -0.05) is 0 Å². The van der Waals surface area contributed by atoms with Crippen molar-refractivity contribution < 1.29 is 4.79 Å². The SMILES string of the molecule is CC(C)N([C]=O)C(C)(C)C. The summed E-state index contributed by atoms with van der Waals surface area (Å²) in [5, 5.41) is 0. The first-order valence-electron chi connectivity index (χ1n) is 3.56. The van der Waals surface area contributed by atoms with Crippen LogP contribution >= 0.6 is 0 Å². The number of carbonyl (C=O) groups excluding carboxylic acids is 1. The maximum atomic E-state index is 10.4. The molecule has 0 N–H and O–H groups in total. The van der Waals surface area contributed by atoms with E-state index in [4.69, 9.17) is 0 Å². The summed E-state index contributed by atoms with van der Waals surface area (Å²) in [4.78, 5) is 12.1. The van der Waals surface area contributed by atoms with Crippen LogP contribution in [0.2, 0.25) is 0 Å². The smallest absolute Gasteiger partial charge is 0.312 e. The molecule has 59 valence electrons. The van der Waals surface area contributed by atoms with E-state index >= 15 is 0 Å². The van der Waals surface area contributed by atoms with Gasteiger partial charge in [-0.15, -0.1) is 0 Å². The zero-order chi connectivity index (χ0) is 8.36. The number of rotatable bonds is 2. The number of nitrogens with zero attached hydrogens (tertiary/aromatic N) is 1.